The predicted octanol–water partition coefficient (Wildman–Crippen LogP) is 4.00. The number of carbonyl (C=O) groups excluding carboxylic acids is 1. The van der Waals surface area contributed by atoms with Crippen LogP contribution < -0.4 is 10.9 Å². The van der Waals surface area contributed by atoms with E-state index >= 15 is 0 Å². The predicted molar refractivity (Wildman–Crippen MR) is 107 cm³/mol. The molecule has 0 bridgehead atoms. The van der Waals surface area contributed by atoms with E-state index in [4.69, 9.17) is 11.6 Å². The van der Waals surface area contributed by atoms with Gasteiger partial charge in [-0.2, -0.15) is 0 Å². The molecule has 26 heavy (non-hydrogen) atoms. The number of thioether (sulfide) groups is 1. The molecular formula is C19H24ClN3O2S. The third-order valence-electron chi connectivity index (χ3n) is 4.44. The van der Waals surface area contributed by atoms with E-state index in [9.17, 15) is 9.59 Å². The Morgan fingerprint density at radius 1 is 1.42 bits per heavy atom. The summed E-state index contributed by atoms with van der Waals surface area (Å²) in [7, 11) is 0. The van der Waals surface area contributed by atoms with E-state index in [-0.39, 0.29) is 16.7 Å². The summed E-state index contributed by atoms with van der Waals surface area (Å²) in [5.41, 5.74) is 0.506. The Bertz CT molecular complexity index is 864. The van der Waals surface area contributed by atoms with Crippen molar-refractivity contribution < 1.29 is 4.79 Å². The van der Waals surface area contributed by atoms with Crippen molar-refractivity contribution in [2.45, 2.75) is 68.9 Å². The number of rotatable bonds is 8. The number of nitrogens with one attached hydrogen (secondary N) is 1. The minimum Gasteiger partial charge on any atom is -0.352 e. The highest BCUT2D eigenvalue weighted by Gasteiger charge is 2.27. The maximum Gasteiger partial charge on any atom is 0.262 e. The summed E-state index contributed by atoms with van der Waals surface area (Å²) >= 11 is 7.40. The Morgan fingerprint density at radius 2 is 2.19 bits per heavy atom. The molecule has 0 aliphatic heterocycles. The summed E-state index contributed by atoms with van der Waals surface area (Å²) < 4.78 is 1.71. The maximum atomic E-state index is 13.0. The van der Waals surface area contributed by atoms with Crippen LogP contribution in [-0.2, 0) is 11.3 Å². The number of amides is 1. The van der Waals surface area contributed by atoms with Gasteiger partial charge in [-0.05, 0) is 44.4 Å². The third kappa shape index (κ3) is 4.60. The Kier molecular flexibility index (Phi) is 6.24. The number of hydrogen-bond donors (Lipinski definition) is 1. The number of halogens is 1. The number of fused-ring (bicyclic) bond motifs is 1. The standard InChI is InChI=1S/C19H24ClN3O2S/c1-3-4-5-10-23-18(25)15-9-6-13(20)11-16(15)22-19(23)26-12(2)17(24)21-14-7-8-14/h6,9,11-12,14H,3-5,7-8,10H2,1-2H3,(H,21,24)/t12-/m1/s1. The van der Waals surface area contributed by atoms with Crippen LogP contribution in [0.3, 0.4) is 0 Å². The minimum atomic E-state index is -0.309. The molecule has 2 aromatic rings. The lowest BCUT2D eigenvalue weighted by Gasteiger charge is -2.16. The summed E-state index contributed by atoms with van der Waals surface area (Å²) in [6.45, 7) is 4.59. The zero-order valence-corrected chi connectivity index (χ0v) is 16.7. The Labute approximate surface area is 162 Å². The molecule has 0 radical (unpaired) electrons. The van der Waals surface area contributed by atoms with E-state index in [1.165, 1.54) is 11.8 Å². The molecule has 1 heterocycles. The van der Waals surface area contributed by atoms with Crippen LogP contribution in [0.15, 0.2) is 28.2 Å². The number of unbranched alkanes of at least 4 members (excludes halogenated alkanes) is 2. The molecule has 1 aromatic carbocycles. The number of carbonyl (C=O) groups is 1. The van der Waals surface area contributed by atoms with Gasteiger partial charge < -0.3 is 5.32 Å². The molecule has 1 fully saturated rings. The highest BCUT2D eigenvalue weighted by atomic mass is 35.5. The molecule has 1 aliphatic carbocycles. The molecular weight excluding hydrogens is 370 g/mol. The molecule has 1 aromatic heterocycles. The molecule has 5 nitrogen and oxygen atoms in total. The van der Waals surface area contributed by atoms with Crippen molar-refractivity contribution in [1.29, 1.82) is 0 Å². The zero-order valence-electron chi connectivity index (χ0n) is 15.1. The van der Waals surface area contributed by atoms with E-state index in [1.54, 1.807) is 22.8 Å². The van der Waals surface area contributed by atoms with Crippen LogP contribution in [0, 0.1) is 0 Å². The fourth-order valence-corrected chi connectivity index (χ4v) is 3.85. The second kappa shape index (κ2) is 8.44. The van der Waals surface area contributed by atoms with E-state index in [2.05, 4.69) is 17.2 Å². The normalized spacial score (nSPS) is 15.2. The molecule has 1 N–H and O–H groups in total. The Hall–Kier alpha value is -1.53. The van der Waals surface area contributed by atoms with Crippen LogP contribution in [0.2, 0.25) is 5.02 Å². The lowest BCUT2D eigenvalue weighted by atomic mass is 10.2. The monoisotopic (exact) mass is 393 g/mol. The lowest BCUT2D eigenvalue weighted by molar-refractivity contribution is -0.120. The first kappa shape index (κ1) is 19.2. The van der Waals surface area contributed by atoms with Crippen LogP contribution in [0.25, 0.3) is 10.9 Å². The molecule has 0 unspecified atom stereocenters. The van der Waals surface area contributed by atoms with Gasteiger partial charge in [-0.1, -0.05) is 43.1 Å². The van der Waals surface area contributed by atoms with Crippen molar-refractivity contribution in [3.05, 3.63) is 33.6 Å². The average Bonchev–Trinajstić information content (AvgIpc) is 3.41. The lowest BCUT2D eigenvalue weighted by Crippen LogP contribution is -2.33. The van der Waals surface area contributed by atoms with Crippen molar-refractivity contribution in [2.75, 3.05) is 0 Å². The third-order valence-corrected chi connectivity index (χ3v) is 5.77. The molecule has 1 amide bonds. The van der Waals surface area contributed by atoms with Gasteiger partial charge in [0, 0.05) is 17.6 Å². The molecule has 7 heteroatoms. The molecule has 0 saturated heterocycles. The second-order valence-corrected chi connectivity index (χ2v) is 8.51. The summed E-state index contributed by atoms with van der Waals surface area (Å²) in [5.74, 6) is -0.00181. The first-order valence-electron chi connectivity index (χ1n) is 9.16. The van der Waals surface area contributed by atoms with Crippen LogP contribution >= 0.6 is 23.4 Å². The molecule has 3 rings (SSSR count). The average molecular weight is 394 g/mol. The maximum absolute atomic E-state index is 13.0. The van der Waals surface area contributed by atoms with Gasteiger partial charge in [0.2, 0.25) is 5.91 Å². The first-order chi connectivity index (χ1) is 12.5. The first-order valence-corrected chi connectivity index (χ1v) is 10.4. The van der Waals surface area contributed by atoms with Crippen LogP contribution in [0.5, 0.6) is 0 Å². The van der Waals surface area contributed by atoms with Crippen LogP contribution in [0.4, 0.5) is 0 Å². The van der Waals surface area contributed by atoms with Crippen molar-refractivity contribution >= 4 is 40.2 Å². The highest BCUT2D eigenvalue weighted by Crippen LogP contribution is 2.26. The van der Waals surface area contributed by atoms with E-state index in [1.807, 2.05) is 6.92 Å². The van der Waals surface area contributed by atoms with Gasteiger partial charge in [-0.15, -0.1) is 0 Å². The topological polar surface area (TPSA) is 64.0 Å². The van der Waals surface area contributed by atoms with E-state index in [0.717, 1.165) is 32.1 Å². The Balaban J connectivity index is 1.92. The molecule has 1 aliphatic rings. The Morgan fingerprint density at radius 3 is 2.88 bits per heavy atom. The van der Waals surface area contributed by atoms with Gasteiger partial charge in [0.15, 0.2) is 5.16 Å². The van der Waals surface area contributed by atoms with E-state index < -0.39 is 0 Å². The second-order valence-electron chi connectivity index (χ2n) is 6.76. The molecule has 140 valence electrons. The highest BCUT2D eigenvalue weighted by molar-refractivity contribution is 8.00. The van der Waals surface area contributed by atoms with Crippen molar-refractivity contribution in [3.63, 3.8) is 0 Å². The van der Waals surface area contributed by atoms with Crippen molar-refractivity contribution in [2.24, 2.45) is 0 Å². The fraction of sp³-hybridized carbons (Fsp3) is 0.526. The summed E-state index contributed by atoms with van der Waals surface area (Å²) in [5, 5.41) is 4.39. The largest absolute Gasteiger partial charge is 0.352 e. The number of benzene rings is 1. The summed E-state index contributed by atoms with van der Waals surface area (Å²) in [6.07, 6.45) is 5.14. The molecule has 1 atom stereocenters. The van der Waals surface area contributed by atoms with Crippen LogP contribution in [-0.4, -0.2) is 26.8 Å². The van der Waals surface area contributed by atoms with Gasteiger partial charge in [-0.25, -0.2) is 4.98 Å². The number of nitrogens with zero attached hydrogens (tertiary/aromatic N) is 2. The van der Waals surface area contributed by atoms with E-state index in [0.29, 0.717) is 33.7 Å². The quantitative estimate of drug-likeness (QED) is 0.418. The molecule has 1 saturated carbocycles. The summed E-state index contributed by atoms with van der Waals surface area (Å²) in [6, 6.07) is 5.46. The van der Waals surface area contributed by atoms with Gasteiger partial charge in [-0.3, -0.25) is 14.2 Å². The van der Waals surface area contributed by atoms with Crippen molar-refractivity contribution in [1.82, 2.24) is 14.9 Å². The smallest absolute Gasteiger partial charge is 0.262 e. The fourth-order valence-electron chi connectivity index (χ4n) is 2.74. The van der Waals surface area contributed by atoms with Gasteiger partial charge in [0.05, 0.1) is 16.2 Å². The molecule has 0 spiro atoms. The zero-order chi connectivity index (χ0) is 18.7. The van der Waals surface area contributed by atoms with Gasteiger partial charge in [0.25, 0.3) is 5.56 Å². The summed E-state index contributed by atoms with van der Waals surface area (Å²) in [4.78, 5) is 29.9. The van der Waals surface area contributed by atoms with Crippen LogP contribution in [0.1, 0.15) is 46.0 Å². The van der Waals surface area contributed by atoms with Gasteiger partial charge >= 0.3 is 0 Å². The van der Waals surface area contributed by atoms with Gasteiger partial charge in [0.1, 0.15) is 0 Å². The SMILES string of the molecule is CCCCCn1c(S[C@H](C)C(=O)NC2CC2)nc2cc(Cl)ccc2c1=O. The minimum absolute atomic E-state index is 0.00181. The number of hydrogen-bond acceptors (Lipinski definition) is 4. The number of aromatic nitrogens is 2. The van der Waals surface area contributed by atoms with Crippen molar-refractivity contribution in [3.8, 4) is 0 Å².